The Labute approximate surface area is 169 Å². The second-order valence-corrected chi connectivity index (χ2v) is 7.04. The van der Waals surface area contributed by atoms with Crippen molar-refractivity contribution in [1.82, 2.24) is 29.9 Å². The van der Waals surface area contributed by atoms with Gasteiger partial charge < -0.3 is 10.6 Å². The first-order valence-corrected chi connectivity index (χ1v) is 9.28. The van der Waals surface area contributed by atoms with Gasteiger partial charge >= 0.3 is 0 Å². The molecule has 0 aliphatic carbocycles. The fraction of sp³-hybridized carbons (Fsp3) is 0.316. The maximum absolute atomic E-state index is 13.8. The van der Waals surface area contributed by atoms with Crippen molar-refractivity contribution in [2.75, 3.05) is 6.54 Å². The number of aromatic nitrogens is 5. The van der Waals surface area contributed by atoms with Crippen molar-refractivity contribution in [3.63, 3.8) is 0 Å². The highest BCUT2D eigenvalue weighted by molar-refractivity contribution is 5.77. The molecule has 0 fully saturated rings. The molecule has 0 unspecified atom stereocenters. The summed E-state index contributed by atoms with van der Waals surface area (Å²) >= 11 is 0. The third-order valence-electron chi connectivity index (χ3n) is 4.95. The molecule has 0 bridgehead atoms. The zero-order valence-electron chi connectivity index (χ0n) is 15.8. The maximum atomic E-state index is 13.8. The Bertz CT molecular complexity index is 1070. The van der Waals surface area contributed by atoms with Crippen LogP contribution in [-0.2, 0) is 24.3 Å². The number of halogens is 3. The van der Waals surface area contributed by atoms with Gasteiger partial charge in [-0.3, -0.25) is 4.79 Å². The quantitative estimate of drug-likeness (QED) is 0.631. The van der Waals surface area contributed by atoms with Gasteiger partial charge in [0.25, 0.3) is 0 Å². The predicted molar refractivity (Wildman–Crippen MR) is 99.1 cm³/mol. The van der Waals surface area contributed by atoms with Gasteiger partial charge in [0.15, 0.2) is 11.6 Å². The molecule has 11 heteroatoms. The zero-order valence-corrected chi connectivity index (χ0v) is 15.8. The molecule has 8 nitrogen and oxygen atoms in total. The van der Waals surface area contributed by atoms with Crippen molar-refractivity contribution in [2.24, 2.45) is 5.73 Å². The number of amides is 1. The number of nitrogens with zero attached hydrogens (tertiary/aromatic N) is 6. The molecule has 3 heterocycles. The Morgan fingerprint density at radius 1 is 1.17 bits per heavy atom. The summed E-state index contributed by atoms with van der Waals surface area (Å²) in [5.41, 5.74) is 7.84. The fourth-order valence-corrected chi connectivity index (χ4v) is 3.42. The van der Waals surface area contributed by atoms with E-state index in [0.29, 0.717) is 30.5 Å². The Hall–Kier alpha value is -3.34. The summed E-state index contributed by atoms with van der Waals surface area (Å²) in [5.74, 6) is -3.54. The molecule has 1 aliphatic rings. The molecule has 30 heavy (non-hydrogen) atoms. The van der Waals surface area contributed by atoms with E-state index in [9.17, 15) is 18.0 Å². The summed E-state index contributed by atoms with van der Waals surface area (Å²) in [6.07, 6.45) is 2.84. The highest BCUT2D eigenvalue weighted by Gasteiger charge is 2.27. The van der Waals surface area contributed by atoms with Crippen LogP contribution in [0.1, 0.15) is 17.7 Å². The maximum Gasteiger partial charge on any atom is 0.224 e. The number of carbonyl (C=O) groups excluding carboxylic acids is 1. The first-order chi connectivity index (χ1) is 14.4. The van der Waals surface area contributed by atoms with Gasteiger partial charge in [-0.1, -0.05) is 5.21 Å². The van der Waals surface area contributed by atoms with Gasteiger partial charge in [-0.2, -0.15) is 0 Å². The molecular weight excluding hydrogens is 399 g/mol. The minimum Gasteiger partial charge on any atom is -0.335 e. The topological polar surface area (TPSA) is 103 Å². The van der Waals surface area contributed by atoms with E-state index in [1.54, 1.807) is 21.8 Å². The minimum atomic E-state index is -1.26. The van der Waals surface area contributed by atoms with Crippen LogP contribution in [0.15, 0.2) is 30.7 Å². The number of nitrogens with two attached hydrogens (primary N) is 1. The Morgan fingerprint density at radius 2 is 1.97 bits per heavy atom. The third kappa shape index (κ3) is 4.01. The highest BCUT2D eigenvalue weighted by atomic mass is 19.2. The molecule has 2 N–H and O–H groups in total. The van der Waals surface area contributed by atoms with Gasteiger partial charge in [-0.25, -0.2) is 27.8 Å². The SMILES string of the molecule is N[C@@H](CC(=O)N1CCn2nnc(-c3ccncn3)c2C1)Cc1cc(F)c(F)cc1F. The van der Waals surface area contributed by atoms with Crippen molar-refractivity contribution in [3.8, 4) is 11.4 Å². The van der Waals surface area contributed by atoms with E-state index in [0.717, 1.165) is 11.8 Å². The monoisotopic (exact) mass is 417 g/mol. The molecule has 156 valence electrons. The fourth-order valence-electron chi connectivity index (χ4n) is 3.42. The van der Waals surface area contributed by atoms with Gasteiger partial charge in [0, 0.05) is 31.3 Å². The van der Waals surface area contributed by atoms with Gasteiger partial charge in [-0.15, -0.1) is 5.10 Å². The van der Waals surface area contributed by atoms with E-state index in [1.165, 1.54) is 6.33 Å². The predicted octanol–water partition coefficient (Wildman–Crippen LogP) is 1.45. The smallest absolute Gasteiger partial charge is 0.224 e. The Balaban J connectivity index is 1.43. The highest BCUT2D eigenvalue weighted by Crippen LogP contribution is 2.23. The lowest BCUT2D eigenvalue weighted by Crippen LogP contribution is -2.41. The Morgan fingerprint density at radius 3 is 2.73 bits per heavy atom. The molecule has 1 aromatic carbocycles. The van der Waals surface area contributed by atoms with E-state index < -0.39 is 23.5 Å². The summed E-state index contributed by atoms with van der Waals surface area (Å²) in [7, 11) is 0. The summed E-state index contributed by atoms with van der Waals surface area (Å²) in [4.78, 5) is 22.4. The molecule has 0 radical (unpaired) electrons. The van der Waals surface area contributed by atoms with Gasteiger partial charge in [0.05, 0.1) is 24.5 Å². The van der Waals surface area contributed by atoms with Crippen LogP contribution in [0.5, 0.6) is 0 Å². The van der Waals surface area contributed by atoms with E-state index in [1.807, 2.05) is 0 Å². The van der Waals surface area contributed by atoms with E-state index in [-0.39, 0.29) is 30.9 Å². The molecular formula is C19H18F3N7O. The normalized spacial score (nSPS) is 14.5. The lowest BCUT2D eigenvalue weighted by molar-refractivity contribution is -0.133. The molecule has 4 rings (SSSR count). The average Bonchev–Trinajstić information content (AvgIpc) is 3.16. The van der Waals surface area contributed by atoms with E-state index in [4.69, 9.17) is 5.73 Å². The molecule has 3 aromatic rings. The number of hydrogen-bond acceptors (Lipinski definition) is 6. The molecule has 2 aromatic heterocycles. The van der Waals surface area contributed by atoms with E-state index in [2.05, 4.69) is 20.3 Å². The minimum absolute atomic E-state index is 0.0666. The summed E-state index contributed by atoms with van der Waals surface area (Å²) in [5, 5.41) is 8.26. The van der Waals surface area contributed by atoms with Crippen molar-refractivity contribution in [2.45, 2.75) is 32.0 Å². The second kappa shape index (κ2) is 8.19. The molecule has 1 aliphatic heterocycles. The number of carbonyl (C=O) groups is 1. The lowest BCUT2D eigenvalue weighted by atomic mass is 10.0. The van der Waals surface area contributed by atoms with Gasteiger partial charge in [0.2, 0.25) is 5.91 Å². The van der Waals surface area contributed by atoms with Crippen molar-refractivity contribution in [3.05, 3.63) is 59.4 Å². The zero-order chi connectivity index (χ0) is 21.3. The number of hydrogen-bond donors (Lipinski definition) is 1. The molecule has 0 saturated carbocycles. The van der Waals surface area contributed by atoms with E-state index >= 15 is 0 Å². The largest absolute Gasteiger partial charge is 0.335 e. The molecule has 0 saturated heterocycles. The third-order valence-corrected chi connectivity index (χ3v) is 4.95. The lowest BCUT2D eigenvalue weighted by Gasteiger charge is -2.28. The standard InChI is InChI=1S/C19H18F3N7O/c20-13-8-15(22)14(21)6-11(13)5-12(23)7-18(30)28-3-4-29-17(9-28)19(26-27-29)16-1-2-24-10-25-16/h1-2,6,8,10,12H,3-5,7,9,23H2/t12-/m1/s1. The van der Waals surface area contributed by atoms with Gasteiger partial charge in [-0.05, 0) is 24.1 Å². The number of rotatable bonds is 5. The van der Waals surface area contributed by atoms with Crippen LogP contribution in [0.2, 0.25) is 0 Å². The van der Waals surface area contributed by atoms with Crippen LogP contribution in [-0.4, -0.2) is 48.4 Å². The first kappa shape index (κ1) is 20.0. The van der Waals surface area contributed by atoms with Crippen molar-refractivity contribution < 1.29 is 18.0 Å². The van der Waals surface area contributed by atoms with Crippen LogP contribution >= 0.6 is 0 Å². The number of benzene rings is 1. The molecule has 1 amide bonds. The summed E-state index contributed by atoms with van der Waals surface area (Å²) < 4.78 is 42.0. The second-order valence-electron chi connectivity index (χ2n) is 7.04. The molecule has 0 spiro atoms. The van der Waals surface area contributed by atoms with Crippen LogP contribution in [0.25, 0.3) is 11.4 Å². The first-order valence-electron chi connectivity index (χ1n) is 9.28. The molecule has 1 atom stereocenters. The van der Waals surface area contributed by atoms with Crippen LogP contribution in [0.4, 0.5) is 13.2 Å². The van der Waals surface area contributed by atoms with Crippen molar-refractivity contribution in [1.29, 1.82) is 0 Å². The van der Waals surface area contributed by atoms with Crippen LogP contribution in [0.3, 0.4) is 0 Å². The van der Waals surface area contributed by atoms with Crippen molar-refractivity contribution >= 4 is 5.91 Å². The van der Waals surface area contributed by atoms with Crippen LogP contribution < -0.4 is 5.73 Å². The van der Waals surface area contributed by atoms with Crippen LogP contribution in [0, 0.1) is 17.5 Å². The Kier molecular flexibility index (Phi) is 5.44. The van der Waals surface area contributed by atoms with Gasteiger partial charge in [0.1, 0.15) is 17.8 Å². The average molecular weight is 417 g/mol. The summed E-state index contributed by atoms with van der Waals surface area (Å²) in [6, 6.07) is 2.21. The number of fused-ring (bicyclic) bond motifs is 1. The summed E-state index contributed by atoms with van der Waals surface area (Å²) in [6.45, 7) is 1.16.